The zero-order valence-electron chi connectivity index (χ0n) is 13.0. The van der Waals surface area contributed by atoms with E-state index in [-0.39, 0.29) is 5.04 Å². The van der Waals surface area contributed by atoms with E-state index in [4.69, 9.17) is 10.8 Å². The number of terminal acetylenes is 1. The number of rotatable bonds is 3. The van der Waals surface area contributed by atoms with Crippen LogP contribution in [0.5, 0.6) is 0 Å². The van der Waals surface area contributed by atoms with Gasteiger partial charge in [-0.25, -0.2) is 0 Å². The van der Waals surface area contributed by atoms with E-state index in [2.05, 4.69) is 46.4 Å². The molecule has 0 spiro atoms. The van der Waals surface area contributed by atoms with Crippen LogP contribution in [0.15, 0.2) is 12.2 Å². The molecule has 1 N–H and O–H groups in total. The van der Waals surface area contributed by atoms with Gasteiger partial charge in [-0.2, -0.15) is 0 Å². The van der Waals surface area contributed by atoms with Crippen molar-refractivity contribution in [3.8, 4) is 12.3 Å². The molecule has 0 unspecified atom stereocenters. The van der Waals surface area contributed by atoms with Gasteiger partial charge in [0, 0.05) is 0 Å². The quantitative estimate of drug-likeness (QED) is 0.485. The summed E-state index contributed by atoms with van der Waals surface area (Å²) in [5.41, 5.74) is 0.272. The lowest BCUT2D eigenvalue weighted by atomic mass is 9.71. The van der Waals surface area contributed by atoms with E-state index in [1.54, 1.807) is 0 Å². The van der Waals surface area contributed by atoms with Crippen molar-refractivity contribution in [1.29, 1.82) is 0 Å². The molecule has 2 atom stereocenters. The molecule has 1 aliphatic rings. The maximum atomic E-state index is 10.4. The lowest BCUT2D eigenvalue weighted by Gasteiger charge is -2.43. The van der Waals surface area contributed by atoms with Crippen LogP contribution in [0.1, 0.15) is 40.0 Å². The highest BCUT2D eigenvalue weighted by molar-refractivity contribution is 6.74. The molecule has 1 fully saturated rings. The fourth-order valence-corrected chi connectivity index (χ4v) is 3.22. The molecule has 0 amide bonds. The molecule has 0 aliphatic heterocycles. The molecular weight excluding hydrogens is 252 g/mol. The molecule has 19 heavy (non-hydrogen) atoms. The Morgan fingerprint density at radius 3 is 2.58 bits per heavy atom. The lowest BCUT2D eigenvalue weighted by Crippen LogP contribution is -2.48. The van der Waals surface area contributed by atoms with Gasteiger partial charge in [0.05, 0.1) is 18.1 Å². The third kappa shape index (κ3) is 3.31. The molecule has 108 valence electrons. The molecule has 0 saturated heterocycles. The summed E-state index contributed by atoms with van der Waals surface area (Å²) < 4.78 is 6.24. The molecule has 0 heterocycles. The fourth-order valence-electron chi connectivity index (χ4n) is 2.16. The first-order valence-corrected chi connectivity index (χ1v) is 9.94. The summed E-state index contributed by atoms with van der Waals surface area (Å²) in [6.07, 6.45) is 7.76. The van der Waals surface area contributed by atoms with Crippen LogP contribution in [0, 0.1) is 17.8 Å². The highest BCUT2D eigenvalue weighted by Crippen LogP contribution is 2.42. The molecule has 1 rings (SSSR count). The Labute approximate surface area is 119 Å². The minimum atomic E-state index is -1.84. The summed E-state index contributed by atoms with van der Waals surface area (Å²) in [6.45, 7) is 15.4. The smallest absolute Gasteiger partial charge is 0.192 e. The van der Waals surface area contributed by atoms with Gasteiger partial charge in [-0.15, -0.1) is 6.42 Å². The highest BCUT2D eigenvalue weighted by atomic mass is 28.4. The summed E-state index contributed by atoms with van der Waals surface area (Å²) in [7, 11) is -1.84. The molecule has 0 radical (unpaired) electrons. The Morgan fingerprint density at radius 2 is 2.11 bits per heavy atom. The van der Waals surface area contributed by atoms with Crippen molar-refractivity contribution in [3.05, 3.63) is 12.2 Å². The topological polar surface area (TPSA) is 29.5 Å². The normalized spacial score (nSPS) is 29.1. The second-order valence-electron chi connectivity index (χ2n) is 7.26. The Hall–Kier alpha value is -0.563. The Bertz CT molecular complexity index is 387. The zero-order valence-corrected chi connectivity index (χ0v) is 14.0. The Kier molecular flexibility index (Phi) is 4.72. The molecule has 3 heteroatoms. The van der Waals surface area contributed by atoms with Crippen LogP contribution in [-0.4, -0.2) is 26.1 Å². The molecule has 1 aliphatic carbocycles. The molecule has 0 aromatic heterocycles. The molecule has 0 bridgehead atoms. The minimum absolute atomic E-state index is 0.152. The zero-order chi connectivity index (χ0) is 14.9. The summed E-state index contributed by atoms with van der Waals surface area (Å²) in [5.74, 6) is 2.81. The van der Waals surface area contributed by atoms with Crippen molar-refractivity contribution < 1.29 is 9.53 Å². The van der Waals surface area contributed by atoms with Crippen LogP contribution in [-0.2, 0) is 4.43 Å². The van der Waals surface area contributed by atoms with Crippen molar-refractivity contribution >= 4 is 8.32 Å². The lowest BCUT2D eigenvalue weighted by molar-refractivity contribution is 0.0281. The van der Waals surface area contributed by atoms with Gasteiger partial charge in [0.2, 0.25) is 0 Å². The maximum absolute atomic E-state index is 10.4. The predicted molar refractivity (Wildman–Crippen MR) is 83.4 cm³/mol. The van der Waals surface area contributed by atoms with Crippen molar-refractivity contribution in [2.24, 2.45) is 5.41 Å². The molecule has 2 nitrogen and oxygen atoms in total. The van der Waals surface area contributed by atoms with Gasteiger partial charge in [0.25, 0.3) is 0 Å². The number of hydrogen-bond donors (Lipinski definition) is 1. The van der Waals surface area contributed by atoms with Gasteiger partial charge in [0.1, 0.15) is 0 Å². The van der Waals surface area contributed by atoms with Crippen molar-refractivity contribution in [2.75, 3.05) is 6.61 Å². The molecule has 0 aromatic rings. The van der Waals surface area contributed by atoms with Crippen LogP contribution in [0.4, 0.5) is 0 Å². The van der Waals surface area contributed by atoms with Crippen molar-refractivity contribution in [1.82, 2.24) is 0 Å². The van der Waals surface area contributed by atoms with E-state index in [9.17, 15) is 5.11 Å². The van der Waals surface area contributed by atoms with Crippen LogP contribution in [0.25, 0.3) is 0 Å². The minimum Gasteiger partial charge on any atom is -0.415 e. The summed E-state index contributed by atoms with van der Waals surface area (Å²) >= 11 is 0. The highest BCUT2D eigenvalue weighted by Gasteiger charge is 2.44. The van der Waals surface area contributed by atoms with E-state index < -0.39 is 19.8 Å². The molecule has 0 aromatic carbocycles. The third-order valence-electron chi connectivity index (χ3n) is 4.82. The average Bonchev–Trinajstić information content (AvgIpc) is 2.30. The first-order chi connectivity index (χ1) is 8.56. The predicted octanol–water partition coefficient (Wildman–Crippen LogP) is 3.73. The van der Waals surface area contributed by atoms with E-state index in [0.717, 1.165) is 24.8 Å². The Balaban J connectivity index is 2.84. The van der Waals surface area contributed by atoms with Crippen LogP contribution < -0.4 is 0 Å². The van der Waals surface area contributed by atoms with Gasteiger partial charge in [-0.3, -0.25) is 0 Å². The Morgan fingerprint density at radius 1 is 1.53 bits per heavy atom. The van der Waals surface area contributed by atoms with Gasteiger partial charge in [0.15, 0.2) is 8.32 Å². The second-order valence-corrected chi connectivity index (χ2v) is 12.1. The maximum Gasteiger partial charge on any atom is 0.192 e. The molecular formula is C16H28O2Si. The van der Waals surface area contributed by atoms with E-state index in [1.807, 2.05) is 0 Å². The van der Waals surface area contributed by atoms with Crippen molar-refractivity contribution in [2.45, 2.75) is 64.3 Å². The van der Waals surface area contributed by atoms with Gasteiger partial charge in [-0.1, -0.05) is 33.3 Å². The van der Waals surface area contributed by atoms with Crippen molar-refractivity contribution in [3.63, 3.8) is 0 Å². The second kappa shape index (κ2) is 5.44. The monoisotopic (exact) mass is 280 g/mol. The first kappa shape index (κ1) is 16.5. The number of hydrogen-bond acceptors (Lipinski definition) is 2. The standard InChI is InChI=1S/C16H28O2Si/c1-8-16(11-9-10-13(2)14(16)17)12-18-19(6,7)15(3,4)5/h1,14,17H,2,9-12H2,3-7H3/t14-,16-/m1/s1. The fraction of sp³-hybridized carbons (Fsp3) is 0.750. The van der Waals surface area contributed by atoms with Crippen LogP contribution in [0.3, 0.4) is 0 Å². The largest absolute Gasteiger partial charge is 0.415 e. The van der Waals surface area contributed by atoms with Gasteiger partial charge >= 0.3 is 0 Å². The van der Waals surface area contributed by atoms with Gasteiger partial charge < -0.3 is 9.53 Å². The number of aliphatic hydroxyl groups is 1. The van der Waals surface area contributed by atoms with E-state index in [1.165, 1.54) is 0 Å². The van der Waals surface area contributed by atoms with E-state index >= 15 is 0 Å². The number of aliphatic hydroxyl groups excluding tert-OH is 1. The van der Waals surface area contributed by atoms with Crippen LogP contribution >= 0.6 is 0 Å². The van der Waals surface area contributed by atoms with Gasteiger partial charge in [-0.05, 0) is 43.0 Å². The third-order valence-corrected chi connectivity index (χ3v) is 9.29. The first-order valence-electron chi connectivity index (χ1n) is 7.03. The summed E-state index contributed by atoms with van der Waals surface area (Å²) in [6, 6.07) is 0. The SMILES string of the molecule is C#C[C@]1(CO[Si](C)(C)C(C)(C)C)CCCC(=C)[C@H]1O. The average molecular weight is 280 g/mol. The summed E-state index contributed by atoms with van der Waals surface area (Å²) in [4.78, 5) is 0. The van der Waals surface area contributed by atoms with Crippen LogP contribution in [0.2, 0.25) is 18.1 Å². The molecule has 1 saturated carbocycles. The summed E-state index contributed by atoms with van der Waals surface area (Å²) in [5, 5.41) is 10.5. The van der Waals surface area contributed by atoms with E-state index in [0.29, 0.717) is 6.61 Å².